The molecule has 0 bridgehead atoms. The molecule has 30 heavy (non-hydrogen) atoms. The van der Waals surface area contributed by atoms with E-state index >= 15 is 0 Å². The largest absolute Gasteiger partial charge is 0.380 e. The van der Waals surface area contributed by atoms with Gasteiger partial charge in [0.2, 0.25) is 0 Å². The Hall–Kier alpha value is -2.65. The average Bonchev–Trinajstić information content (AvgIpc) is 3.14. The number of aromatic nitrogens is 4. The topological polar surface area (TPSA) is 94.0 Å². The van der Waals surface area contributed by atoms with Gasteiger partial charge < -0.3 is 15.4 Å². The van der Waals surface area contributed by atoms with Crippen LogP contribution in [0.3, 0.4) is 0 Å². The van der Waals surface area contributed by atoms with Crippen molar-refractivity contribution in [1.29, 1.82) is 0 Å². The number of nitrogens with zero attached hydrogens (tertiary/aromatic N) is 4. The molecular formula is C21H28N6O2S. The van der Waals surface area contributed by atoms with Crippen molar-refractivity contribution in [2.24, 2.45) is 0 Å². The first-order valence-electron chi connectivity index (χ1n) is 10.1. The van der Waals surface area contributed by atoms with Gasteiger partial charge in [0.05, 0.1) is 24.7 Å². The number of benzene rings is 1. The van der Waals surface area contributed by atoms with Crippen molar-refractivity contribution < 1.29 is 9.53 Å². The fourth-order valence-electron chi connectivity index (χ4n) is 2.85. The summed E-state index contributed by atoms with van der Waals surface area (Å²) in [6.45, 7) is 9.10. The second-order valence-corrected chi connectivity index (χ2v) is 8.42. The van der Waals surface area contributed by atoms with Crippen molar-refractivity contribution in [3.63, 3.8) is 0 Å². The highest BCUT2D eigenvalue weighted by Gasteiger charge is 2.14. The first kappa shape index (κ1) is 22.0. The number of nitrogens with one attached hydrogen (secondary N) is 2. The van der Waals surface area contributed by atoms with Gasteiger partial charge in [-0.05, 0) is 19.1 Å². The minimum Gasteiger partial charge on any atom is -0.380 e. The molecule has 1 amide bonds. The fourth-order valence-corrected chi connectivity index (χ4v) is 3.55. The van der Waals surface area contributed by atoms with E-state index in [-0.39, 0.29) is 5.91 Å². The van der Waals surface area contributed by atoms with Crippen LogP contribution in [-0.4, -0.2) is 57.2 Å². The number of hydrogen-bond acceptors (Lipinski definition) is 7. The molecule has 9 heteroatoms. The number of anilines is 1. The van der Waals surface area contributed by atoms with Crippen LogP contribution in [0.5, 0.6) is 0 Å². The highest BCUT2D eigenvalue weighted by molar-refractivity contribution is 7.99. The average molecular weight is 429 g/mol. The van der Waals surface area contributed by atoms with E-state index in [1.54, 1.807) is 34.8 Å². The van der Waals surface area contributed by atoms with Crippen LogP contribution in [0.25, 0.3) is 11.0 Å². The van der Waals surface area contributed by atoms with Crippen LogP contribution in [-0.2, 0) is 11.3 Å². The van der Waals surface area contributed by atoms with Gasteiger partial charge in [-0.15, -0.1) is 0 Å². The van der Waals surface area contributed by atoms with Crippen molar-refractivity contribution >= 4 is 34.5 Å². The van der Waals surface area contributed by atoms with E-state index in [0.717, 1.165) is 16.9 Å². The van der Waals surface area contributed by atoms with E-state index in [9.17, 15) is 4.79 Å². The van der Waals surface area contributed by atoms with Crippen LogP contribution < -0.4 is 10.6 Å². The monoisotopic (exact) mass is 428 g/mol. The molecule has 160 valence electrons. The molecule has 0 aliphatic heterocycles. The molecule has 8 nitrogen and oxygen atoms in total. The lowest BCUT2D eigenvalue weighted by Crippen LogP contribution is -2.27. The summed E-state index contributed by atoms with van der Waals surface area (Å²) in [5, 5.41) is 12.7. The first-order valence-corrected chi connectivity index (χ1v) is 11.0. The third kappa shape index (κ3) is 5.93. The maximum atomic E-state index is 12.2. The number of carbonyl (C=O) groups excluding carboxylic acids is 1. The Kier molecular flexibility index (Phi) is 8.04. The summed E-state index contributed by atoms with van der Waals surface area (Å²) in [6, 6.07) is 9.17. The Morgan fingerprint density at radius 1 is 1.20 bits per heavy atom. The van der Waals surface area contributed by atoms with E-state index in [1.165, 1.54) is 0 Å². The molecule has 0 atom stereocenters. The molecule has 2 aromatic heterocycles. The number of carbonyl (C=O) groups is 1. The van der Waals surface area contributed by atoms with Crippen LogP contribution in [0.4, 0.5) is 5.82 Å². The molecule has 0 spiro atoms. The summed E-state index contributed by atoms with van der Waals surface area (Å²) in [4.78, 5) is 21.6. The third-order valence-electron chi connectivity index (χ3n) is 4.20. The summed E-state index contributed by atoms with van der Waals surface area (Å²) in [7, 11) is 0. The summed E-state index contributed by atoms with van der Waals surface area (Å²) >= 11 is 1.60. The van der Waals surface area contributed by atoms with Gasteiger partial charge in [-0.1, -0.05) is 43.8 Å². The van der Waals surface area contributed by atoms with Crippen LogP contribution in [0.1, 0.15) is 31.1 Å². The molecule has 0 saturated heterocycles. The zero-order chi connectivity index (χ0) is 21.3. The van der Waals surface area contributed by atoms with Crippen LogP contribution in [0, 0.1) is 0 Å². The van der Waals surface area contributed by atoms with Crippen LogP contribution in [0.2, 0.25) is 0 Å². The number of ether oxygens (including phenoxy) is 1. The molecule has 3 aromatic rings. The highest BCUT2D eigenvalue weighted by atomic mass is 32.2. The van der Waals surface area contributed by atoms with Gasteiger partial charge in [-0.3, -0.25) is 4.79 Å². The number of hydrogen-bond donors (Lipinski definition) is 2. The fraction of sp³-hybridized carbons (Fsp3) is 0.429. The zero-order valence-electron chi connectivity index (χ0n) is 17.6. The van der Waals surface area contributed by atoms with Gasteiger partial charge >= 0.3 is 0 Å². The molecule has 0 saturated carbocycles. The Morgan fingerprint density at radius 3 is 2.73 bits per heavy atom. The maximum absolute atomic E-state index is 12.2. The van der Waals surface area contributed by atoms with Crippen molar-refractivity contribution in [2.75, 3.05) is 31.6 Å². The zero-order valence-corrected chi connectivity index (χ0v) is 18.4. The smallest absolute Gasteiger partial charge is 0.251 e. The quantitative estimate of drug-likeness (QED) is 0.275. The molecule has 2 N–H and O–H groups in total. The van der Waals surface area contributed by atoms with Gasteiger partial charge in [0, 0.05) is 30.5 Å². The second-order valence-electron chi connectivity index (χ2n) is 6.87. The second kappa shape index (κ2) is 10.9. The lowest BCUT2D eigenvalue weighted by Gasteiger charge is -2.11. The van der Waals surface area contributed by atoms with Crippen LogP contribution >= 0.6 is 11.8 Å². The number of fused-ring (bicyclic) bond motifs is 1. The number of thioether (sulfide) groups is 1. The first-order chi connectivity index (χ1) is 14.6. The van der Waals surface area contributed by atoms with Crippen LogP contribution in [0.15, 0.2) is 41.7 Å². The van der Waals surface area contributed by atoms with Gasteiger partial charge in [0.1, 0.15) is 5.82 Å². The maximum Gasteiger partial charge on any atom is 0.251 e. The van der Waals surface area contributed by atoms with E-state index in [2.05, 4.69) is 34.6 Å². The molecule has 0 aliphatic carbocycles. The minimum atomic E-state index is -0.101. The lowest BCUT2D eigenvalue weighted by atomic mass is 10.2. The summed E-state index contributed by atoms with van der Waals surface area (Å²) in [6.07, 6.45) is 1.77. The van der Waals surface area contributed by atoms with E-state index < -0.39 is 0 Å². The minimum absolute atomic E-state index is 0.101. The van der Waals surface area contributed by atoms with Crippen molar-refractivity contribution in [3.05, 3.63) is 42.1 Å². The van der Waals surface area contributed by atoms with Crippen molar-refractivity contribution in [3.8, 4) is 0 Å². The predicted octanol–water partition coefficient (Wildman–Crippen LogP) is 3.21. The van der Waals surface area contributed by atoms with E-state index in [4.69, 9.17) is 9.72 Å². The lowest BCUT2D eigenvalue weighted by molar-refractivity contribution is 0.0952. The molecule has 0 fully saturated rings. The molecule has 1 aromatic carbocycles. The molecule has 2 heterocycles. The van der Waals surface area contributed by atoms with E-state index in [0.29, 0.717) is 48.8 Å². The molecule has 0 aliphatic rings. The van der Waals surface area contributed by atoms with Crippen molar-refractivity contribution in [2.45, 2.75) is 37.7 Å². The Bertz CT molecular complexity index is 961. The predicted molar refractivity (Wildman–Crippen MR) is 120 cm³/mol. The Labute approximate surface area is 180 Å². The molecule has 3 rings (SSSR count). The summed E-state index contributed by atoms with van der Waals surface area (Å²) in [5.41, 5.74) is 1.39. The standard InChI is InChI=1S/C21H28N6O2S/c1-4-29-13-11-22-18-17-14-24-27(19(17)26-21(25-18)30-15(2)3)12-10-23-20(28)16-8-6-5-7-9-16/h5-9,14-15H,4,10-13H2,1-3H3,(H,23,28)(H,22,25,26). The van der Waals surface area contributed by atoms with Gasteiger partial charge in [0.15, 0.2) is 10.8 Å². The molecule has 0 radical (unpaired) electrons. The Morgan fingerprint density at radius 2 is 2.00 bits per heavy atom. The normalized spacial score (nSPS) is 11.2. The van der Waals surface area contributed by atoms with Gasteiger partial charge in [0.25, 0.3) is 5.91 Å². The number of amides is 1. The summed E-state index contributed by atoms with van der Waals surface area (Å²) < 4.78 is 7.21. The van der Waals surface area contributed by atoms with Gasteiger partial charge in [-0.25, -0.2) is 14.6 Å². The van der Waals surface area contributed by atoms with Gasteiger partial charge in [-0.2, -0.15) is 5.10 Å². The Balaban J connectivity index is 1.73. The molecule has 0 unspecified atom stereocenters. The molecular weight excluding hydrogens is 400 g/mol. The summed E-state index contributed by atoms with van der Waals surface area (Å²) in [5.74, 6) is 0.651. The number of rotatable bonds is 11. The SMILES string of the molecule is CCOCCNc1nc(SC(C)C)nc2c1cnn2CCNC(=O)c1ccccc1. The van der Waals surface area contributed by atoms with E-state index in [1.807, 2.05) is 25.1 Å². The van der Waals surface area contributed by atoms with Crippen molar-refractivity contribution in [1.82, 2.24) is 25.1 Å². The highest BCUT2D eigenvalue weighted by Crippen LogP contribution is 2.26. The third-order valence-corrected chi connectivity index (χ3v) is 5.07.